The third-order valence-electron chi connectivity index (χ3n) is 3.47. The van der Waals surface area contributed by atoms with Gasteiger partial charge in [-0.3, -0.25) is 4.79 Å². The van der Waals surface area contributed by atoms with Gasteiger partial charge in [-0.2, -0.15) is 0 Å². The Hall–Kier alpha value is -2.60. The van der Waals surface area contributed by atoms with Crippen molar-refractivity contribution in [2.75, 3.05) is 5.32 Å². The van der Waals surface area contributed by atoms with Gasteiger partial charge in [-0.25, -0.2) is 4.39 Å². The first kappa shape index (κ1) is 16.3. The maximum absolute atomic E-state index is 12.9. The molecule has 0 unspecified atom stereocenters. The summed E-state index contributed by atoms with van der Waals surface area (Å²) < 4.78 is 12.9. The molecule has 0 saturated carbocycles. The van der Waals surface area contributed by atoms with Crippen molar-refractivity contribution in [3.8, 4) is 0 Å². The van der Waals surface area contributed by atoms with E-state index in [0.29, 0.717) is 24.4 Å². The highest BCUT2D eigenvalue weighted by Gasteiger charge is 2.09. The molecule has 3 aromatic rings. The van der Waals surface area contributed by atoms with Crippen molar-refractivity contribution in [2.24, 2.45) is 0 Å². The molecule has 0 aliphatic heterocycles. The lowest BCUT2D eigenvalue weighted by molar-refractivity contribution is -0.116. The Kier molecular flexibility index (Phi) is 5.28. The summed E-state index contributed by atoms with van der Waals surface area (Å²) in [6.07, 6.45) is 1.66. The lowest BCUT2D eigenvalue weighted by Crippen LogP contribution is -2.12. The van der Waals surface area contributed by atoms with Crippen LogP contribution in [0.4, 0.5) is 9.52 Å². The number of amides is 1. The normalized spacial score (nSPS) is 10.5. The van der Waals surface area contributed by atoms with E-state index in [2.05, 4.69) is 15.5 Å². The van der Waals surface area contributed by atoms with Crippen LogP contribution in [0.1, 0.15) is 22.6 Å². The highest BCUT2D eigenvalue weighted by Crippen LogP contribution is 2.19. The molecule has 4 nitrogen and oxygen atoms in total. The zero-order chi connectivity index (χ0) is 16.8. The van der Waals surface area contributed by atoms with Crippen molar-refractivity contribution in [3.63, 3.8) is 0 Å². The molecule has 0 fully saturated rings. The van der Waals surface area contributed by atoms with Crippen LogP contribution in [0.15, 0.2) is 54.6 Å². The summed E-state index contributed by atoms with van der Waals surface area (Å²) in [6.45, 7) is 0. The van der Waals surface area contributed by atoms with Crippen molar-refractivity contribution in [1.82, 2.24) is 10.2 Å². The van der Waals surface area contributed by atoms with Gasteiger partial charge < -0.3 is 5.32 Å². The quantitative estimate of drug-likeness (QED) is 0.741. The van der Waals surface area contributed by atoms with Gasteiger partial charge in [-0.15, -0.1) is 10.2 Å². The number of carbonyl (C=O) groups excluding carboxylic acids is 1. The number of anilines is 1. The van der Waals surface area contributed by atoms with Gasteiger partial charge in [0, 0.05) is 12.8 Å². The summed E-state index contributed by atoms with van der Waals surface area (Å²) in [6, 6.07) is 16.1. The summed E-state index contributed by atoms with van der Waals surface area (Å²) in [5.41, 5.74) is 2.08. The second-order valence-corrected chi connectivity index (χ2v) is 6.40. The second kappa shape index (κ2) is 7.79. The fourth-order valence-electron chi connectivity index (χ4n) is 2.24. The van der Waals surface area contributed by atoms with Crippen LogP contribution in [0.25, 0.3) is 0 Å². The summed E-state index contributed by atoms with van der Waals surface area (Å²) in [7, 11) is 0. The molecule has 24 heavy (non-hydrogen) atoms. The molecule has 122 valence electrons. The van der Waals surface area contributed by atoms with Gasteiger partial charge in [0.25, 0.3) is 0 Å². The molecular weight excluding hydrogens is 325 g/mol. The largest absolute Gasteiger partial charge is 0.301 e. The van der Waals surface area contributed by atoms with Crippen LogP contribution in [-0.2, 0) is 17.6 Å². The number of aryl methyl sites for hydroxylation is 1. The van der Waals surface area contributed by atoms with E-state index < -0.39 is 0 Å². The summed E-state index contributed by atoms with van der Waals surface area (Å²) in [4.78, 5) is 12.0. The Labute approximate surface area is 143 Å². The molecule has 1 amide bonds. The number of aromatic nitrogens is 2. The molecule has 0 bridgehead atoms. The zero-order valence-electron chi connectivity index (χ0n) is 12.9. The van der Waals surface area contributed by atoms with E-state index in [9.17, 15) is 9.18 Å². The van der Waals surface area contributed by atoms with Crippen LogP contribution in [0.5, 0.6) is 0 Å². The summed E-state index contributed by atoms with van der Waals surface area (Å²) in [5.74, 6) is -0.342. The molecule has 0 aliphatic rings. The Balaban J connectivity index is 1.51. The van der Waals surface area contributed by atoms with Gasteiger partial charge in [-0.05, 0) is 29.7 Å². The van der Waals surface area contributed by atoms with E-state index in [1.165, 1.54) is 23.5 Å². The SMILES string of the molecule is O=C(CCc1ccccc1)Nc1nnc(Cc2ccc(F)cc2)s1. The highest BCUT2D eigenvalue weighted by molar-refractivity contribution is 7.15. The number of hydrogen-bond donors (Lipinski definition) is 1. The molecule has 1 aromatic heterocycles. The lowest BCUT2D eigenvalue weighted by Gasteiger charge is -2.01. The summed E-state index contributed by atoms with van der Waals surface area (Å²) in [5, 5.41) is 12.1. The van der Waals surface area contributed by atoms with Crippen molar-refractivity contribution in [2.45, 2.75) is 19.3 Å². The first-order valence-electron chi connectivity index (χ1n) is 7.59. The van der Waals surface area contributed by atoms with Crippen LogP contribution in [0.3, 0.4) is 0 Å². The Bertz CT molecular complexity index is 803. The molecule has 0 radical (unpaired) electrons. The van der Waals surface area contributed by atoms with Crippen molar-refractivity contribution in [1.29, 1.82) is 0 Å². The third kappa shape index (κ3) is 4.70. The minimum Gasteiger partial charge on any atom is -0.301 e. The van der Waals surface area contributed by atoms with E-state index in [-0.39, 0.29) is 11.7 Å². The number of benzene rings is 2. The zero-order valence-corrected chi connectivity index (χ0v) is 13.7. The van der Waals surface area contributed by atoms with E-state index in [1.54, 1.807) is 12.1 Å². The first-order valence-corrected chi connectivity index (χ1v) is 8.41. The molecular formula is C18H16FN3OS. The molecule has 3 rings (SSSR count). The van der Waals surface area contributed by atoms with Crippen LogP contribution in [-0.4, -0.2) is 16.1 Å². The number of rotatable bonds is 6. The number of halogens is 1. The maximum Gasteiger partial charge on any atom is 0.226 e. The Morgan fingerprint density at radius 1 is 1.00 bits per heavy atom. The van der Waals surface area contributed by atoms with Gasteiger partial charge in [0.15, 0.2) is 0 Å². The fraction of sp³-hybridized carbons (Fsp3) is 0.167. The molecule has 2 aromatic carbocycles. The third-order valence-corrected chi connectivity index (χ3v) is 4.30. The van der Waals surface area contributed by atoms with Gasteiger partial charge in [-0.1, -0.05) is 53.8 Å². The molecule has 0 atom stereocenters. The average Bonchev–Trinajstić information content (AvgIpc) is 3.03. The number of hydrogen-bond acceptors (Lipinski definition) is 4. The minimum atomic E-state index is -0.262. The smallest absolute Gasteiger partial charge is 0.226 e. The van der Waals surface area contributed by atoms with Gasteiger partial charge in [0.05, 0.1) is 0 Å². The molecule has 0 saturated heterocycles. The molecule has 0 spiro atoms. The van der Waals surface area contributed by atoms with Crippen molar-refractivity contribution >= 4 is 22.4 Å². The fourth-order valence-corrected chi connectivity index (χ4v) is 3.03. The van der Waals surface area contributed by atoms with Crippen LogP contribution >= 0.6 is 11.3 Å². The minimum absolute atomic E-state index is 0.0802. The van der Waals surface area contributed by atoms with Gasteiger partial charge in [0.2, 0.25) is 11.0 Å². The molecule has 6 heteroatoms. The maximum atomic E-state index is 12.9. The van der Waals surface area contributed by atoms with Crippen LogP contribution in [0.2, 0.25) is 0 Å². The van der Waals surface area contributed by atoms with E-state index in [1.807, 2.05) is 30.3 Å². The topological polar surface area (TPSA) is 54.9 Å². The average molecular weight is 341 g/mol. The van der Waals surface area contributed by atoms with Crippen LogP contribution < -0.4 is 5.32 Å². The highest BCUT2D eigenvalue weighted by atomic mass is 32.1. The lowest BCUT2D eigenvalue weighted by atomic mass is 10.1. The number of carbonyl (C=O) groups is 1. The van der Waals surface area contributed by atoms with Crippen LogP contribution in [0, 0.1) is 5.82 Å². The van der Waals surface area contributed by atoms with E-state index in [4.69, 9.17) is 0 Å². The summed E-state index contributed by atoms with van der Waals surface area (Å²) >= 11 is 1.33. The monoisotopic (exact) mass is 341 g/mol. The number of nitrogens with zero attached hydrogens (tertiary/aromatic N) is 2. The molecule has 1 heterocycles. The van der Waals surface area contributed by atoms with E-state index in [0.717, 1.165) is 16.1 Å². The first-order chi connectivity index (χ1) is 11.7. The standard InChI is InChI=1S/C18H16FN3OS/c19-15-9-6-14(7-10-15)12-17-21-22-18(24-17)20-16(23)11-8-13-4-2-1-3-5-13/h1-7,9-10H,8,11-12H2,(H,20,22,23). The molecule has 0 aliphatic carbocycles. The predicted molar refractivity (Wildman–Crippen MR) is 92.5 cm³/mol. The molecule has 1 N–H and O–H groups in total. The van der Waals surface area contributed by atoms with Gasteiger partial charge >= 0.3 is 0 Å². The van der Waals surface area contributed by atoms with E-state index >= 15 is 0 Å². The number of nitrogens with one attached hydrogen (secondary N) is 1. The Morgan fingerprint density at radius 2 is 1.75 bits per heavy atom. The predicted octanol–water partition coefficient (Wildman–Crippen LogP) is 3.84. The van der Waals surface area contributed by atoms with Crippen molar-refractivity contribution in [3.05, 3.63) is 76.5 Å². The Morgan fingerprint density at radius 3 is 2.50 bits per heavy atom. The van der Waals surface area contributed by atoms with Gasteiger partial charge in [0.1, 0.15) is 10.8 Å². The second-order valence-electron chi connectivity index (χ2n) is 5.34. The van der Waals surface area contributed by atoms with Crippen molar-refractivity contribution < 1.29 is 9.18 Å².